The first-order valence-electron chi connectivity index (χ1n) is 6.33. The van der Waals surface area contributed by atoms with Crippen molar-refractivity contribution >= 4 is 6.09 Å². The molecule has 0 spiro atoms. The molecule has 16 heavy (non-hydrogen) atoms. The van der Waals surface area contributed by atoms with Gasteiger partial charge in [-0.1, -0.05) is 32.6 Å². The van der Waals surface area contributed by atoms with Crippen LogP contribution in [-0.4, -0.2) is 24.0 Å². The lowest BCUT2D eigenvalue weighted by Gasteiger charge is -2.26. The highest BCUT2D eigenvalue weighted by molar-refractivity contribution is 5.67. The second kappa shape index (κ2) is 7.49. The Morgan fingerprint density at radius 2 is 2.31 bits per heavy atom. The van der Waals surface area contributed by atoms with Gasteiger partial charge >= 0.3 is 6.09 Å². The van der Waals surface area contributed by atoms with Gasteiger partial charge in [-0.05, 0) is 25.2 Å². The number of ether oxygens (including phenoxy) is 1. The van der Waals surface area contributed by atoms with E-state index in [9.17, 15) is 9.90 Å². The van der Waals surface area contributed by atoms with Crippen molar-refractivity contribution < 1.29 is 14.6 Å². The van der Waals surface area contributed by atoms with Crippen molar-refractivity contribution in [2.45, 2.75) is 58.1 Å². The molecule has 0 heterocycles. The van der Waals surface area contributed by atoms with Crippen molar-refractivity contribution in [3.05, 3.63) is 0 Å². The maximum atomic E-state index is 11.2. The predicted octanol–water partition coefficient (Wildman–Crippen LogP) is 2.41. The molecule has 0 aromatic carbocycles. The third-order valence-electron chi connectivity index (χ3n) is 3.09. The maximum Gasteiger partial charge on any atom is 0.409 e. The summed E-state index contributed by atoms with van der Waals surface area (Å²) in [6, 6.07) is 0. The van der Waals surface area contributed by atoms with E-state index in [4.69, 9.17) is 4.74 Å². The van der Waals surface area contributed by atoms with E-state index in [1.807, 2.05) is 6.92 Å². The van der Waals surface area contributed by atoms with Crippen LogP contribution in [0.2, 0.25) is 0 Å². The van der Waals surface area contributed by atoms with Crippen molar-refractivity contribution in [2.75, 3.05) is 6.61 Å². The van der Waals surface area contributed by atoms with Crippen LogP contribution in [0.15, 0.2) is 0 Å². The number of nitrogens with one attached hydrogen (secondary N) is 1. The number of carbonyl (C=O) groups is 1. The Bertz CT molecular complexity index is 204. The number of hydrogen-bond acceptors (Lipinski definition) is 3. The average Bonchev–Trinajstić information content (AvgIpc) is 2.15. The standard InChI is InChI=1S/C12H23NO3/c1-2-3-9-16-12(15)13-11(14)8-7-10-5-4-6-10/h10-11,14H,2-9H2,1H3,(H,13,15). The molecule has 1 amide bonds. The molecule has 0 aromatic rings. The van der Waals surface area contributed by atoms with Crippen LogP contribution in [0.3, 0.4) is 0 Å². The highest BCUT2D eigenvalue weighted by atomic mass is 16.5. The van der Waals surface area contributed by atoms with Gasteiger partial charge in [0.15, 0.2) is 0 Å². The van der Waals surface area contributed by atoms with Gasteiger partial charge in [-0.3, -0.25) is 5.32 Å². The second-order valence-electron chi connectivity index (χ2n) is 4.52. The molecule has 1 rings (SSSR count). The van der Waals surface area contributed by atoms with Crippen molar-refractivity contribution in [2.24, 2.45) is 5.92 Å². The SMILES string of the molecule is CCCCOC(=O)NC(O)CCC1CCC1. The third-order valence-corrected chi connectivity index (χ3v) is 3.09. The van der Waals surface area contributed by atoms with E-state index < -0.39 is 12.3 Å². The first-order chi connectivity index (χ1) is 7.72. The van der Waals surface area contributed by atoms with Crippen LogP contribution >= 0.6 is 0 Å². The Kier molecular flexibility index (Phi) is 6.23. The molecular weight excluding hydrogens is 206 g/mol. The Hall–Kier alpha value is -0.770. The minimum absolute atomic E-state index is 0.428. The van der Waals surface area contributed by atoms with E-state index in [0.29, 0.717) is 13.0 Å². The molecule has 1 aliphatic rings. The number of aliphatic hydroxyl groups excluding tert-OH is 1. The van der Waals surface area contributed by atoms with Gasteiger partial charge in [0.2, 0.25) is 0 Å². The van der Waals surface area contributed by atoms with E-state index in [0.717, 1.165) is 25.2 Å². The zero-order chi connectivity index (χ0) is 11.8. The summed E-state index contributed by atoms with van der Waals surface area (Å²) in [5.74, 6) is 0.757. The van der Waals surface area contributed by atoms with Gasteiger partial charge in [-0.25, -0.2) is 4.79 Å². The van der Waals surface area contributed by atoms with E-state index in [2.05, 4.69) is 5.32 Å². The number of hydrogen-bond donors (Lipinski definition) is 2. The lowest BCUT2D eigenvalue weighted by molar-refractivity contribution is 0.0859. The molecule has 1 saturated carbocycles. The van der Waals surface area contributed by atoms with Gasteiger partial charge < -0.3 is 9.84 Å². The summed E-state index contributed by atoms with van der Waals surface area (Å²) in [6.45, 7) is 2.46. The first kappa shape index (κ1) is 13.3. The molecule has 1 atom stereocenters. The van der Waals surface area contributed by atoms with Crippen LogP contribution in [0, 0.1) is 5.92 Å². The Labute approximate surface area is 97.4 Å². The monoisotopic (exact) mass is 229 g/mol. The van der Waals surface area contributed by atoms with Gasteiger partial charge in [0.05, 0.1) is 6.61 Å². The van der Waals surface area contributed by atoms with Crippen LogP contribution in [0.5, 0.6) is 0 Å². The average molecular weight is 229 g/mol. The van der Waals surface area contributed by atoms with Crippen molar-refractivity contribution in [3.63, 3.8) is 0 Å². The number of carbonyl (C=O) groups excluding carboxylic acids is 1. The molecule has 1 unspecified atom stereocenters. The van der Waals surface area contributed by atoms with Gasteiger partial charge in [-0.2, -0.15) is 0 Å². The second-order valence-corrected chi connectivity index (χ2v) is 4.52. The van der Waals surface area contributed by atoms with Crippen LogP contribution in [0.1, 0.15) is 51.9 Å². The normalized spacial score (nSPS) is 17.6. The van der Waals surface area contributed by atoms with Crippen molar-refractivity contribution in [3.8, 4) is 0 Å². The molecule has 0 aromatic heterocycles. The number of alkyl carbamates (subject to hydrolysis) is 1. The molecule has 1 aliphatic carbocycles. The van der Waals surface area contributed by atoms with Gasteiger partial charge in [-0.15, -0.1) is 0 Å². The summed E-state index contributed by atoms with van der Waals surface area (Å²) in [4.78, 5) is 11.2. The van der Waals surface area contributed by atoms with Crippen molar-refractivity contribution in [1.82, 2.24) is 5.32 Å². The quantitative estimate of drug-likeness (QED) is 0.520. The predicted molar refractivity (Wildman–Crippen MR) is 62.0 cm³/mol. The fraction of sp³-hybridized carbons (Fsp3) is 0.917. The maximum absolute atomic E-state index is 11.2. The van der Waals surface area contributed by atoms with E-state index in [1.165, 1.54) is 19.3 Å². The lowest BCUT2D eigenvalue weighted by atomic mass is 9.82. The largest absolute Gasteiger partial charge is 0.450 e. The van der Waals surface area contributed by atoms with Gasteiger partial charge in [0.25, 0.3) is 0 Å². The van der Waals surface area contributed by atoms with E-state index in [1.54, 1.807) is 0 Å². The van der Waals surface area contributed by atoms with Crippen LogP contribution in [0.25, 0.3) is 0 Å². The molecule has 0 bridgehead atoms. The van der Waals surface area contributed by atoms with Crippen LogP contribution in [0.4, 0.5) is 4.79 Å². The molecule has 94 valence electrons. The fourth-order valence-corrected chi connectivity index (χ4v) is 1.73. The molecule has 0 saturated heterocycles. The lowest BCUT2D eigenvalue weighted by Crippen LogP contribution is -2.35. The molecular formula is C12H23NO3. The molecule has 4 heteroatoms. The topological polar surface area (TPSA) is 58.6 Å². The smallest absolute Gasteiger partial charge is 0.409 e. The number of rotatable bonds is 7. The van der Waals surface area contributed by atoms with Gasteiger partial charge in [0.1, 0.15) is 6.23 Å². The Balaban J connectivity index is 1.98. The zero-order valence-electron chi connectivity index (χ0n) is 10.1. The molecule has 2 N–H and O–H groups in total. The van der Waals surface area contributed by atoms with Crippen LogP contribution < -0.4 is 5.32 Å². The number of aliphatic hydroxyl groups is 1. The summed E-state index contributed by atoms with van der Waals surface area (Å²) in [6.07, 6.45) is 6.09. The molecule has 4 nitrogen and oxygen atoms in total. The first-order valence-corrected chi connectivity index (χ1v) is 6.33. The highest BCUT2D eigenvalue weighted by Crippen LogP contribution is 2.30. The number of amides is 1. The summed E-state index contributed by atoms with van der Waals surface area (Å²) >= 11 is 0. The zero-order valence-corrected chi connectivity index (χ0v) is 10.1. The van der Waals surface area contributed by atoms with Crippen LogP contribution in [-0.2, 0) is 4.74 Å². The summed E-state index contributed by atoms with van der Waals surface area (Å²) < 4.78 is 4.89. The van der Waals surface area contributed by atoms with E-state index >= 15 is 0 Å². The number of unbranched alkanes of at least 4 members (excludes halogenated alkanes) is 1. The highest BCUT2D eigenvalue weighted by Gasteiger charge is 2.19. The Morgan fingerprint density at radius 3 is 2.88 bits per heavy atom. The third kappa shape index (κ3) is 5.35. The Morgan fingerprint density at radius 1 is 1.56 bits per heavy atom. The fourth-order valence-electron chi connectivity index (χ4n) is 1.73. The molecule has 0 aliphatic heterocycles. The van der Waals surface area contributed by atoms with Crippen molar-refractivity contribution in [1.29, 1.82) is 0 Å². The van der Waals surface area contributed by atoms with Gasteiger partial charge in [0, 0.05) is 0 Å². The summed E-state index contributed by atoms with van der Waals surface area (Å²) in [5.41, 5.74) is 0. The summed E-state index contributed by atoms with van der Waals surface area (Å²) in [5, 5.41) is 12.0. The summed E-state index contributed by atoms with van der Waals surface area (Å²) in [7, 11) is 0. The molecule has 1 fully saturated rings. The minimum Gasteiger partial charge on any atom is -0.450 e. The van der Waals surface area contributed by atoms with E-state index in [-0.39, 0.29) is 0 Å². The minimum atomic E-state index is -0.755. The molecule has 0 radical (unpaired) electrons.